The Hall–Kier alpha value is 0.910. The maximum absolute atomic E-state index is 2.48. The van der Waals surface area contributed by atoms with E-state index in [-0.39, 0.29) is 17.0 Å². The highest BCUT2D eigenvalue weighted by Crippen LogP contribution is 2.58. The second-order valence-electron chi connectivity index (χ2n) is 3.21. The van der Waals surface area contributed by atoms with Crippen molar-refractivity contribution in [1.82, 2.24) is 0 Å². The van der Waals surface area contributed by atoms with Crippen molar-refractivity contribution >= 4 is 7.26 Å². The van der Waals surface area contributed by atoms with E-state index in [1.54, 1.807) is 0 Å². The highest BCUT2D eigenvalue weighted by Gasteiger charge is 2.30. The molecule has 0 aliphatic rings. The van der Waals surface area contributed by atoms with E-state index in [1.807, 2.05) is 0 Å². The van der Waals surface area contributed by atoms with E-state index in [0.717, 1.165) is 5.66 Å². The van der Waals surface area contributed by atoms with Crippen LogP contribution in [-0.4, -0.2) is 24.6 Å². The first-order valence-electron chi connectivity index (χ1n) is 3.91. The molecule has 0 heterocycles. The summed E-state index contributed by atoms with van der Waals surface area (Å²) in [7, 11) is -0.503. The minimum atomic E-state index is -0.503. The summed E-state index contributed by atoms with van der Waals surface area (Å²) in [6.07, 6.45) is 2.84. The molecule has 0 nitrogen and oxygen atoms in total. The molecule has 0 N–H and O–H groups in total. The Morgan fingerprint density at radius 3 is 1.40 bits per heavy atom. The fourth-order valence-electron chi connectivity index (χ4n) is 0.954. The Morgan fingerprint density at radius 2 is 1.40 bits per heavy atom. The van der Waals surface area contributed by atoms with Crippen molar-refractivity contribution < 1.29 is 17.0 Å². The van der Waals surface area contributed by atoms with Gasteiger partial charge >= 0.3 is 0 Å². The molecule has 0 spiro atoms. The summed E-state index contributed by atoms with van der Waals surface area (Å²) in [5.41, 5.74) is 0.937. The molecular weight excluding hydrogens is 207 g/mol. The van der Waals surface area contributed by atoms with Crippen LogP contribution in [0.5, 0.6) is 0 Å². The Morgan fingerprint density at radius 1 is 1.10 bits per heavy atom. The average Bonchev–Trinajstić information content (AvgIpc) is 1.86. The topological polar surface area (TPSA) is 0 Å². The molecule has 0 fully saturated rings. The Balaban J connectivity index is 0. The predicted octanol–water partition coefficient (Wildman–Crippen LogP) is 0.0860. The molecular formula is C8H20BrP. The molecule has 0 atom stereocenters. The lowest BCUT2D eigenvalue weighted by Gasteiger charge is -2.23. The molecule has 0 rings (SSSR count). The van der Waals surface area contributed by atoms with E-state index in [0.29, 0.717) is 0 Å². The van der Waals surface area contributed by atoms with Crippen LogP contribution in [0.1, 0.15) is 27.7 Å². The molecule has 0 unspecified atom stereocenters. The minimum absolute atomic E-state index is 0. The molecule has 0 saturated carbocycles. The Kier molecular flexibility index (Phi) is 7.49. The van der Waals surface area contributed by atoms with Gasteiger partial charge in [0.1, 0.15) is 0 Å². The summed E-state index contributed by atoms with van der Waals surface area (Å²) in [4.78, 5) is 0. The van der Waals surface area contributed by atoms with Gasteiger partial charge in [0.15, 0.2) is 0 Å². The van der Waals surface area contributed by atoms with Crippen molar-refractivity contribution in [3.8, 4) is 0 Å². The molecule has 0 aliphatic heterocycles. The van der Waals surface area contributed by atoms with Crippen molar-refractivity contribution in [2.24, 2.45) is 0 Å². The lowest BCUT2D eigenvalue weighted by molar-refractivity contribution is -0.00000228. The molecule has 0 aromatic carbocycles. The Labute approximate surface area is 76.9 Å². The van der Waals surface area contributed by atoms with Gasteiger partial charge in [0, 0.05) is 13.9 Å². The first-order chi connectivity index (χ1) is 4.06. The third-order valence-corrected chi connectivity index (χ3v) is 8.07. The lowest BCUT2D eigenvalue weighted by Crippen LogP contribution is -3.00. The van der Waals surface area contributed by atoms with Crippen LogP contribution in [-0.2, 0) is 0 Å². The highest BCUT2D eigenvalue weighted by molar-refractivity contribution is 7.75. The van der Waals surface area contributed by atoms with Gasteiger partial charge in [-0.05, 0) is 27.7 Å². The van der Waals surface area contributed by atoms with Gasteiger partial charge in [-0.1, -0.05) is 0 Å². The number of hydrogen-bond donors (Lipinski definition) is 0. The van der Waals surface area contributed by atoms with Crippen LogP contribution in [0.3, 0.4) is 0 Å². The summed E-state index contributed by atoms with van der Waals surface area (Å²) in [5, 5.41) is 0. The first-order valence-corrected chi connectivity index (χ1v) is 6.58. The van der Waals surface area contributed by atoms with Gasteiger partial charge in [-0.15, -0.1) is 0 Å². The maximum atomic E-state index is 2.48. The zero-order valence-corrected chi connectivity index (χ0v) is 10.3. The number of hydrogen-bond acceptors (Lipinski definition) is 0. The third kappa shape index (κ3) is 3.34. The van der Waals surface area contributed by atoms with Gasteiger partial charge in [0.05, 0.1) is 18.0 Å². The zero-order valence-electron chi connectivity index (χ0n) is 7.82. The van der Waals surface area contributed by atoms with Crippen LogP contribution >= 0.6 is 7.26 Å². The normalized spacial score (nSPS) is 11.4. The molecule has 0 aromatic heterocycles. The van der Waals surface area contributed by atoms with Crippen LogP contribution < -0.4 is 17.0 Å². The van der Waals surface area contributed by atoms with E-state index < -0.39 is 7.26 Å². The highest BCUT2D eigenvalue weighted by atomic mass is 79.9. The van der Waals surface area contributed by atoms with Crippen LogP contribution in [0.25, 0.3) is 0 Å². The molecule has 0 radical (unpaired) electrons. The standard InChI is InChI=1S/C8H20P.BrH/c1-6-9(5,7-2)8(3)4;/h8H,6-7H2,1-5H3;1H/q+1;/p-1. The third-order valence-electron chi connectivity index (χ3n) is 2.69. The van der Waals surface area contributed by atoms with Crippen LogP contribution in [0.2, 0.25) is 0 Å². The van der Waals surface area contributed by atoms with E-state index in [2.05, 4.69) is 34.4 Å². The van der Waals surface area contributed by atoms with Gasteiger partial charge < -0.3 is 17.0 Å². The van der Waals surface area contributed by atoms with Crippen molar-refractivity contribution in [2.45, 2.75) is 33.4 Å². The van der Waals surface area contributed by atoms with Crippen LogP contribution in [0.15, 0.2) is 0 Å². The summed E-state index contributed by atoms with van der Waals surface area (Å²) < 4.78 is 0. The van der Waals surface area contributed by atoms with E-state index in [9.17, 15) is 0 Å². The van der Waals surface area contributed by atoms with E-state index >= 15 is 0 Å². The number of halogens is 1. The molecule has 2 heteroatoms. The monoisotopic (exact) mass is 226 g/mol. The van der Waals surface area contributed by atoms with Crippen molar-refractivity contribution in [2.75, 3.05) is 19.0 Å². The summed E-state index contributed by atoms with van der Waals surface area (Å²) in [6, 6.07) is 0. The Bertz CT molecular complexity index is 77.3. The zero-order chi connectivity index (χ0) is 7.49. The predicted molar refractivity (Wildman–Crippen MR) is 49.1 cm³/mol. The van der Waals surface area contributed by atoms with Gasteiger partial charge in [0.25, 0.3) is 0 Å². The second-order valence-corrected chi connectivity index (χ2v) is 8.46. The molecule has 0 aliphatic carbocycles. The summed E-state index contributed by atoms with van der Waals surface area (Å²) >= 11 is 0. The molecule has 0 bridgehead atoms. The van der Waals surface area contributed by atoms with E-state index in [1.165, 1.54) is 12.3 Å². The number of rotatable bonds is 3. The lowest BCUT2D eigenvalue weighted by atomic mass is 10.6. The summed E-state index contributed by atoms with van der Waals surface area (Å²) in [6.45, 7) is 11.9. The maximum Gasteiger partial charge on any atom is 0.0638 e. The van der Waals surface area contributed by atoms with Gasteiger partial charge in [-0.25, -0.2) is 0 Å². The van der Waals surface area contributed by atoms with Crippen LogP contribution in [0, 0.1) is 0 Å². The average molecular weight is 227 g/mol. The van der Waals surface area contributed by atoms with Gasteiger partial charge in [-0.2, -0.15) is 0 Å². The smallest absolute Gasteiger partial charge is 0.0638 e. The van der Waals surface area contributed by atoms with Crippen molar-refractivity contribution in [1.29, 1.82) is 0 Å². The summed E-state index contributed by atoms with van der Waals surface area (Å²) in [5.74, 6) is 0. The molecule has 0 saturated heterocycles. The first kappa shape index (κ1) is 13.5. The van der Waals surface area contributed by atoms with Gasteiger partial charge in [-0.3, -0.25) is 0 Å². The van der Waals surface area contributed by atoms with Crippen LogP contribution in [0.4, 0.5) is 0 Å². The van der Waals surface area contributed by atoms with Crippen molar-refractivity contribution in [3.63, 3.8) is 0 Å². The molecule has 10 heavy (non-hydrogen) atoms. The fraction of sp³-hybridized carbons (Fsp3) is 1.00. The van der Waals surface area contributed by atoms with Crippen molar-refractivity contribution in [3.05, 3.63) is 0 Å². The fourth-order valence-corrected chi connectivity index (χ4v) is 2.86. The quantitative estimate of drug-likeness (QED) is 0.599. The SMILES string of the molecule is CC[P+](C)(CC)C(C)C.[Br-]. The minimum Gasteiger partial charge on any atom is -1.00 e. The van der Waals surface area contributed by atoms with Gasteiger partial charge in [0.2, 0.25) is 0 Å². The molecule has 64 valence electrons. The largest absolute Gasteiger partial charge is 1.00 e. The second kappa shape index (κ2) is 5.55. The molecule has 0 aromatic rings. The van der Waals surface area contributed by atoms with E-state index in [4.69, 9.17) is 0 Å². The molecule has 0 amide bonds.